The zero-order chi connectivity index (χ0) is 16.2. The quantitative estimate of drug-likeness (QED) is 0.808. The number of quaternary nitrogens is 1. The molecule has 120 valence electrons. The maximum Gasteiger partial charge on any atom is 0.256 e. The second-order valence-corrected chi connectivity index (χ2v) is 8.06. The van der Waals surface area contributed by atoms with E-state index in [1.807, 2.05) is 0 Å². The average molecular weight is 332 g/mol. The fourth-order valence-electron chi connectivity index (χ4n) is 3.34. The lowest BCUT2D eigenvalue weighted by molar-refractivity contribution is -0.883. The van der Waals surface area contributed by atoms with Crippen LogP contribution in [0.25, 0.3) is 10.8 Å². The number of carbonyl (C=O) groups excluding carboxylic acids is 1. The predicted molar refractivity (Wildman–Crippen MR) is 87.3 cm³/mol. The average Bonchev–Trinajstić information content (AvgIpc) is 2.86. The van der Waals surface area contributed by atoms with Gasteiger partial charge in [0.05, 0.1) is 38.1 Å². The van der Waals surface area contributed by atoms with Crippen molar-refractivity contribution in [3.8, 4) is 0 Å². The highest BCUT2D eigenvalue weighted by Gasteiger charge is 2.32. The molecule has 6 nitrogen and oxygen atoms in total. The number of sulfonamides is 1. The Bertz CT molecular complexity index is 916. The highest BCUT2D eigenvalue weighted by Crippen LogP contribution is 2.37. The molecule has 0 unspecified atom stereocenters. The van der Waals surface area contributed by atoms with Gasteiger partial charge in [0.2, 0.25) is 10.0 Å². The van der Waals surface area contributed by atoms with Gasteiger partial charge in [0.15, 0.2) is 0 Å². The molecule has 0 atom stereocenters. The van der Waals surface area contributed by atoms with Gasteiger partial charge in [-0.25, -0.2) is 8.42 Å². The highest BCUT2D eigenvalue weighted by molar-refractivity contribution is 7.89. The second-order valence-electron chi connectivity index (χ2n) is 6.15. The Labute approximate surface area is 134 Å². The summed E-state index contributed by atoms with van der Waals surface area (Å²) in [5.41, 5.74) is 1.22. The van der Waals surface area contributed by atoms with Crippen LogP contribution < -0.4 is 10.2 Å². The van der Waals surface area contributed by atoms with Crippen LogP contribution in [0.15, 0.2) is 35.2 Å². The van der Waals surface area contributed by atoms with Crippen LogP contribution in [0, 0.1) is 0 Å². The summed E-state index contributed by atoms with van der Waals surface area (Å²) in [7, 11) is -1.48. The number of piperazine rings is 1. The van der Waals surface area contributed by atoms with E-state index in [1.54, 1.807) is 34.6 Å². The molecule has 0 radical (unpaired) electrons. The number of carbonyl (C=O) groups is 1. The molecule has 0 saturated carbocycles. The molecule has 1 saturated heterocycles. The third-order valence-corrected chi connectivity index (χ3v) is 6.64. The first-order valence-electron chi connectivity index (χ1n) is 7.67. The van der Waals surface area contributed by atoms with Gasteiger partial charge in [-0.3, -0.25) is 4.79 Å². The van der Waals surface area contributed by atoms with Crippen molar-refractivity contribution in [1.29, 1.82) is 0 Å². The first-order chi connectivity index (χ1) is 11.0. The van der Waals surface area contributed by atoms with Gasteiger partial charge in [0.25, 0.3) is 5.91 Å². The van der Waals surface area contributed by atoms with Gasteiger partial charge in [-0.2, -0.15) is 4.31 Å². The maximum atomic E-state index is 13.0. The van der Waals surface area contributed by atoms with E-state index < -0.39 is 10.0 Å². The van der Waals surface area contributed by atoms with Crippen molar-refractivity contribution in [3.63, 3.8) is 0 Å². The van der Waals surface area contributed by atoms with Crippen molar-refractivity contribution in [1.82, 2.24) is 4.31 Å². The third kappa shape index (κ3) is 2.15. The van der Waals surface area contributed by atoms with Gasteiger partial charge in [0, 0.05) is 22.0 Å². The zero-order valence-corrected chi connectivity index (χ0v) is 13.6. The number of amides is 1. The number of anilines is 1. The normalized spacial score (nSPS) is 19.3. The molecule has 1 amide bonds. The summed E-state index contributed by atoms with van der Waals surface area (Å²) in [5, 5.41) is 4.11. The lowest BCUT2D eigenvalue weighted by atomic mass is 10.1. The van der Waals surface area contributed by atoms with Crippen molar-refractivity contribution in [2.45, 2.75) is 4.90 Å². The van der Waals surface area contributed by atoms with Crippen LogP contribution in [0.2, 0.25) is 0 Å². The fraction of sp³-hybridized carbons (Fsp3) is 0.312. The minimum absolute atomic E-state index is 0.177. The third-order valence-electron chi connectivity index (χ3n) is 4.69. The maximum absolute atomic E-state index is 13.0. The minimum Gasteiger partial charge on any atom is -0.335 e. The molecule has 0 aromatic heterocycles. The van der Waals surface area contributed by atoms with Crippen LogP contribution in [0.1, 0.15) is 10.4 Å². The Morgan fingerprint density at radius 3 is 2.61 bits per heavy atom. The van der Waals surface area contributed by atoms with Crippen LogP contribution in [0.4, 0.5) is 5.69 Å². The van der Waals surface area contributed by atoms with E-state index in [9.17, 15) is 13.2 Å². The Hall–Kier alpha value is -1.96. The molecule has 2 heterocycles. The SMILES string of the molecule is C[NH+]1CCN(S(=O)(=O)c2ccc3c4c(cccc24)C(=O)N3)CC1. The van der Waals surface area contributed by atoms with Crippen molar-refractivity contribution >= 4 is 32.4 Å². The predicted octanol–water partition coefficient (Wildman–Crippen LogP) is -0.0755. The van der Waals surface area contributed by atoms with Crippen LogP contribution >= 0.6 is 0 Å². The molecule has 7 heteroatoms. The summed E-state index contributed by atoms with van der Waals surface area (Å²) >= 11 is 0. The van der Waals surface area contributed by atoms with Crippen LogP contribution in [-0.4, -0.2) is 51.9 Å². The van der Waals surface area contributed by atoms with Crippen LogP contribution in [0.5, 0.6) is 0 Å². The van der Waals surface area contributed by atoms with E-state index in [0.717, 1.165) is 13.1 Å². The van der Waals surface area contributed by atoms with Gasteiger partial charge in [-0.1, -0.05) is 12.1 Å². The summed E-state index contributed by atoms with van der Waals surface area (Å²) in [6, 6.07) is 8.53. The lowest BCUT2D eigenvalue weighted by Crippen LogP contribution is -3.12. The summed E-state index contributed by atoms with van der Waals surface area (Å²) in [5.74, 6) is -0.177. The topological polar surface area (TPSA) is 70.9 Å². The Balaban J connectivity index is 1.87. The van der Waals surface area contributed by atoms with Gasteiger partial charge in [-0.15, -0.1) is 0 Å². The second kappa shape index (κ2) is 5.02. The monoisotopic (exact) mass is 332 g/mol. The molecule has 2 aliphatic rings. The number of nitrogens with one attached hydrogen (secondary N) is 2. The van der Waals surface area contributed by atoms with Crippen molar-refractivity contribution in [2.24, 2.45) is 0 Å². The number of nitrogens with zero attached hydrogens (tertiary/aromatic N) is 1. The lowest BCUT2D eigenvalue weighted by Gasteiger charge is -2.29. The summed E-state index contributed by atoms with van der Waals surface area (Å²) in [4.78, 5) is 13.6. The largest absolute Gasteiger partial charge is 0.335 e. The fourth-order valence-corrected chi connectivity index (χ4v) is 4.96. The van der Waals surface area contributed by atoms with E-state index in [4.69, 9.17) is 0 Å². The Kier molecular flexibility index (Phi) is 3.19. The van der Waals surface area contributed by atoms with Gasteiger partial charge in [-0.05, 0) is 18.2 Å². The highest BCUT2D eigenvalue weighted by atomic mass is 32.2. The molecular formula is C16H18N3O3S+. The number of hydrogen-bond acceptors (Lipinski definition) is 3. The molecule has 2 aromatic carbocycles. The molecule has 1 fully saturated rings. The van der Waals surface area contributed by atoms with Gasteiger partial charge >= 0.3 is 0 Å². The number of rotatable bonds is 2. The van der Waals surface area contributed by atoms with E-state index in [1.165, 1.54) is 4.90 Å². The van der Waals surface area contributed by atoms with Crippen LogP contribution in [-0.2, 0) is 10.0 Å². The number of benzene rings is 2. The zero-order valence-electron chi connectivity index (χ0n) is 12.8. The van der Waals surface area contributed by atoms with Crippen molar-refractivity contribution in [3.05, 3.63) is 35.9 Å². The van der Waals surface area contributed by atoms with E-state index in [-0.39, 0.29) is 10.8 Å². The van der Waals surface area contributed by atoms with Gasteiger partial charge in [0.1, 0.15) is 0 Å². The summed E-state index contributed by atoms with van der Waals surface area (Å²) in [6.45, 7) is 2.66. The molecule has 2 aromatic rings. The molecule has 0 spiro atoms. The molecular weight excluding hydrogens is 314 g/mol. The first kappa shape index (κ1) is 14.6. The summed E-state index contributed by atoms with van der Waals surface area (Å²) in [6.07, 6.45) is 0. The van der Waals surface area contributed by atoms with Crippen LogP contribution in [0.3, 0.4) is 0 Å². The number of hydrogen-bond donors (Lipinski definition) is 2. The molecule has 4 rings (SSSR count). The van der Waals surface area contributed by atoms with E-state index in [0.29, 0.717) is 35.1 Å². The van der Waals surface area contributed by atoms with E-state index in [2.05, 4.69) is 12.4 Å². The summed E-state index contributed by atoms with van der Waals surface area (Å²) < 4.78 is 27.6. The standard InChI is InChI=1S/C16H17N3O3S/c1-18-7-9-19(10-8-18)23(21,22)14-6-5-13-15-11(14)3-2-4-12(15)16(20)17-13/h2-6H,7-10H2,1H3,(H,17,20)/p+1. The van der Waals surface area contributed by atoms with E-state index >= 15 is 0 Å². The first-order valence-corrected chi connectivity index (χ1v) is 9.11. The van der Waals surface area contributed by atoms with Gasteiger partial charge < -0.3 is 10.2 Å². The Morgan fingerprint density at radius 2 is 1.87 bits per heavy atom. The minimum atomic E-state index is -3.55. The smallest absolute Gasteiger partial charge is 0.256 e. The molecule has 0 bridgehead atoms. The van der Waals surface area contributed by atoms with Crippen molar-refractivity contribution in [2.75, 3.05) is 38.5 Å². The molecule has 2 aliphatic heterocycles. The number of likely N-dealkylation sites (N-methyl/N-ethyl adjacent to an activating group) is 1. The van der Waals surface area contributed by atoms with Crippen molar-refractivity contribution < 1.29 is 18.1 Å². The molecule has 23 heavy (non-hydrogen) atoms. The Morgan fingerprint density at radius 1 is 1.13 bits per heavy atom. The molecule has 2 N–H and O–H groups in total. The molecule has 0 aliphatic carbocycles.